The van der Waals surface area contributed by atoms with Crippen molar-refractivity contribution in [1.82, 2.24) is 19.8 Å². The first-order valence-electron chi connectivity index (χ1n) is 9.37. The summed E-state index contributed by atoms with van der Waals surface area (Å²) in [6.07, 6.45) is 0. The van der Waals surface area contributed by atoms with Crippen molar-refractivity contribution in [3.05, 3.63) is 64.6 Å². The summed E-state index contributed by atoms with van der Waals surface area (Å²) in [7, 11) is 0. The summed E-state index contributed by atoms with van der Waals surface area (Å²) < 4.78 is 7.14. The number of carbonyl (C=O) groups excluding carboxylic acids is 1. The predicted octanol–water partition coefficient (Wildman–Crippen LogP) is 5.23. The van der Waals surface area contributed by atoms with E-state index in [-0.39, 0.29) is 11.7 Å². The van der Waals surface area contributed by atoms with E-state index in [1.54, 1.807) is 22.7 Å². The third-order valence-electron chi connectivity index (χ3n) is 4.22. The molecule has 2 aromatic heterocycles. The SMILES string of the molecule is CCOc1ccc(-c2nnc3ccc(SCC(=O)Nc4ccc(Cl)c(Cl)c4)nn23)cc1. The van der Waals surface area contributed by atoms with Crippen LogP contribution in [-0.4, -0.2) is 38.1 Å². The van der Waals surface area contributed by atoms with Gasteiger partial charge in [0.1, 0.15) is 10.8 Å². The van der Waals surface area contributed by atoms with Gasteiger partial charge in [-0.1, -0.05) is 35.0 Å². The van der Waals surface area contributed by atoms with E-state index in [1.807, 2.05) is 43.3 Å². The Bertz CT molecular complexity index is 1230. The summed E-state index contributed by atoms with van der Waals surface area (Å²) in [4.78, 5) is 12.3. The van der Waals surface area contributed by atoms with E-state index < -0.39 is 0 Å². The number of halogens is 2. The summed E-state index contributed by atoms with van der Waals surface area (Å²) in [5, 5.41) is 17.3. The Hall–Kier alpha value is -2.81. The number of benzene rings is 2. The third-order valence-corrected chi connectivity index (χ3v) is 5.88. The van der Waals surface area contributed by atoms with E-state index in [0.717, 1.165) is 11.3 Å². The smallest absolute Gasteiger partial charge is 0.234 e. The fourth-order valence-electron chi connectivity index (χ4n) is 2.81. The summed E-state index contributed by atoms with van der Waals surface area (Å²) in [6.45, 7) is 2.54. The number of carbonyl (C=O) groups is 1. The van der Waals surface area contributed by atoms with Crippen molar-refractivity contribution >= 4 is 52.2 Å². The van der Waals surface area contributed by atoms with Crippen molar-refractivity contribution in [3.63, 3.8) is 0 Å². The number of fused-ring (bicyclic) bond motifs is 1. The molecule has 0 aliphatic rings. The molecule has 0 aliphatic carbocycles. The molecule has 1 amide bonds. The van der Waals surface area contributed by atoms with E-state index in [4.69, 9.17) is 27.9 Å². The van der Waals surface area contributed by atoms with Gasteiger partial charge in [-0.25, -0.2) is 0 Å². The highest BCUT2D eigenvalue weighted by atomic mass is 35.5. The first-order chi connectivity index (χ1) is 15.0. The Morgan fingerprint density at radius 2 is 1.87 bits per heavy atom. The highest BCUT2D eigenvalue weighted by molar-refractivity contribution is 7.99. The normalized spacial score (nSPS) is 10.9. The average Bonchev–Trinajstić information content (AvgIpc) is 3.19. The number of ether oxygens (including phenoxy) is 1. The molecule has 1 N–H and O–H groups in total. The highest BCUT2D eigenvalue weighted by Gasteiger charge is 2.12. The van der Waals surface area contributed by atoms with Gasteiger partial charge in [-0.05, 0) is 61.5 Å². The zero-order valence-electron chi connectivity index (χ0n) is 16.4. The van der Waals surface area contributed by atoms with Crippen LogP contribution in [0.3, 0.4) is 0 Å². The number of anilines is 1. The van der Waals surface area contributed by atoms with Crippen molar-refractivity contribution < 1.29 is 9.53 Å². The Kier molecular flexibility index (Phi) is 6.60. The van der Waals surface area contributed by atoms with Gasteiger partial charge in [0, 0.05) is 11.3 Å². The maximum atomic E-state index is 12.3. The van der Waals surface area contributed by atoms with Gasteiger partial charge in [-0.2, -0.15) is 9.61 Å². The number of nitrogens with zero attached hydrogens (tertiary/aromatic N) is 4. The van der Waals surface area contributed by atoms with Crippen molar-refractivity contribution in [2.24, 2.45) is 0 Å². The molecule has 7 nitrogen and oxygen atoms in total. The number of hydrogen-bond donors (Lipinski definition) is 1. The fourth-order valence-corrected chi connectivity index (χ4v) is 3.76. The molecule has 2 aromatic carbocycles. The minimum Gasteiger partial charge on any atom is -0.494 e. The van der Waals surface area contributed by atoms with Gasteiger partial charge in [-0.3, -0.25) is 4.79 Å². The highest BCUT2D eigenvalue weighted by Crippen LogP contribution is 2.26. The molecule has 0 aliphatic heterocycles. The lowest BCUT2D eigenvalue weighted by Gasteiger charge is -2.07. The third kappa shape index (κ3) is 5.10. The fraction of sp³-hybridized carbons (Fsp3) is 0.143. The van der Waals surface area contributed by atoms with Gasteiger partial charge in [0.25, 0.3) is 0 Å². The Labute approximate surface area is 192 Å². The van der Waals surface area contributed by atoms with E-state index in [1.165, 1.54) is 11.8 Å². The summed E-state index contributed by atoms with van der Waals surface area (Å²) in [6, 6.07) is 16.1. The van der Waals surface area contributed by atoms with Crippen LogP contribution in [0.2, 0.25) is 10.0 Å². The standard InChI is InChI=1S/C21H17Cl2N5O2S/c1-2-30-15-6-3-13(4-7-15)21-26-25-18-9-10-20(27-28(18)21)31-12-19(29)24-14-5-8-16(22)17(23)11-14/h3-11H,2,12H2,1H3,(H,24,29). The molecule has 0 saturated carbocycles. The average molecular weight is 474 g/mol. The molecular weight excluding hydrogens is 457 g/mol. The van der Waals surface area contributed by atoms with Gasteiger partial charge in [0.05, 0.1) is 22.4 Å². The molecule has 0 spiro atoms. The molecule has 31 heavy (non-hydrogen) atoms. The molecule has 0 fully saturated rings. The minimum atomic E-state index is -0.180. The van der Waals surface area contributed by atoms with Gasteiger partial charge in [0.2, 0.25) is 5.91 Å². The summed E-state index contributed by atoms with van der Waals surface area (Å²) >= 11 is 13.2. The first-order valence-corrected chi connectivity index (χ1v) is 11.1. The zero-order chi connectivity index (χ0) is 21.8. The van der Waals surface area contributed by atoms with Crippen molar-refractivity contribution in [2.45, 2.75) is 11.9 Å². The van der Waals surface area contributed by atoms with Gasteiger partial charge in [0.15, 0.2) is 11.5 Å². The number of rotatable bonds is 7. The largest absolute Gasteiger partial charge is 0.494 e. The second-order valence-corrected chi connectivity index (χ2v) is 8.20. The molecule has 0 saturated heterocycles. The maximum Gasteiger partial charge on any atom is 0.234 e. The van der Waals surface area contributed by atoms with Crippen LogP contribution in [0.1, 0.15) is 6.92 Å². The van der Waals surface area contributed by atoms with Crippen molar-refractivity contribution in [2.75, 3.05) is 17.7 Å². The second kappa shape index (κ2) is 9.55. The number of aromatic nitrogens is 4. The quantitative estimate of drug-likeness (QED) is 0.370. The van der Waals surface area contributed by atoms with E-state index in [2.05, 4.69) is 20.6 Å². The zero-order valence-corrected chi connectivity index (χ0v) is 18.7. The molecule has 0 atom stereocenters. The summed E-state index contributed by atoms with van der Waals surface area (Å²) in [5.74, 6) is 1.40. The van der Waals surface area contributed by atoms with E-state index >= 15 is 0 Å². The monoisotopic (exact) mass is 473 g/mol. The van der Waals surface area contributed by atoms with E-state index in [0.29, 0.717) is 38.8 Å². The van der Waals surface area contributed by atoms with Crippen LogP contribution in [0.4, 0.5) is 5.69 Å². The first kappa shape index (κ1) is 21.4. The van der Waals surface area contributed by atoms with Gasteiger partial charge < -0.3 is 10.1 Å². The second-order valence-electron chi connectivity index (χ2n) is 6.39. The van der Waals surface area contributed by atoms with Crippen LogP contribution in [-0.2, 0) is 4.79 Å². The van der Waals surface area contributed by atoms with Crippen LogP contribution >= 0.6 is 35.0 Å². The number of thioether (sulfide) groups is 1. The van der Waals surface area contributed by atoms with Gasteiger partial charge in [-0.15, -0.1) is 10.2 Å². The van der Waals surface area contributed by atoms with Crippen LogP contribution in [0, 0.1) is 0 Å². The molecule has 0 bridgehead atoms. The molecule has 2 heterocycles. The molecule has 158 valence electrons. The molecular formula is C21H17Cl2N5O2S. The number of amides is 1. The molecule has 10 heteroatoms. The number of nitrogens with one attached hydrogen (secondary N) is 1. The van der Waals surface area contributed by atoms with Gasteiger partial charge >= 0.3 is 0 Å². The van der Waals surface area contributed by atoms with E-state index in [9.17, 15) is 4.79 Å². The lowest BCUT2D eigenvalue weighted by atomic mass is 10.2. The lowest BCUT2D eigenvalue weighted by Crippen LogP contribution is -2.14. The predicted molar refractivity (Wildman–Crippen MR) is 123 cm³/mol. The molecule has 0 unspecified atom stereocenters. The molecule has 4 rings (SSSR count). The lowest BCUT2D eigenvalue weighted by molar-refractivity contribution is -0.113. The molecule has 4 aromatic rings. The van der Waals surface area contributed by atoms with Crippen LogP contribution in [0.5, 0.6) is 5.75 Å². The Morgan fingerprint density at radius 1 is 1.06 bits per heavy atom. The van der Waals surface area contributed by atoms with Crippen molar-refractivity contribution in [3.8, 4) is 17.1 Å². The van der Waals surface area contributed by atoms with Crippen molar-refractivity contribution in [1.29, 1.82) is 0 Å². The topological polar surface area (TPSA) is 81.4 Å². The summed E-state index contributed by atoms with van der Waals surface area (Å²) in [5.41, 5.74) is 2.07. The Morgan fingerprint density at radius 3 is 2.61 bits per heavy atom. The van der Waals surface area contributed by atoms with Crippen LogP contribution in [0.15, 0.2) is 59.6 Å². The number of hydrogen-bond acceptors (Lipinski definition) is 6. The van der Waals surface area contributed by atoms with Crippen LogP contribution in [0.25, 0.3) is 17.0 Å². The molecule has 0 radical (unpaired) electrons. The van der Waals surface area contributed by atoms with Crippen LogP contribution < -0.4 is 10.1 Å². The maximum absolute atomic E-state index is 12.3. The minimum absolute atomic E-state index is 0.180. The Balaban J connectivity index is 1.46.